The molecule has 1 saturated heterocycles. The average Bonchev–Trinajstić information content (AvgIpc) is 2.94. The first-order valence-electron chi connectivity index (χ1n) is 7.37. The first kappa shape index (κ1) is 15.3. The van der Waals surface area contributed by atoms with Crippen LogP contribution in [0.2, 0.25) is 5.02 Å². The third-order valence-corrected chi connectivity index (χ3v) is 4.21. The van der Waals surface area contributed by atoms with Gasteiger partial charge in [-0.05, 0) is 30.9 Å². The highest BCUT2D eigenvalue weighted by Gasteiger charge is 2.26. The van der Waals surface area contributed by atoms with Crippen molar-refractivity contribution in [3.8, 4) is 0 Å². The number of nitrogens with zero attached hydrogens (tertiary/aromatic N) is 2. The predicted molar refractivity (Wildman–Crippen MR) is 83.6 cm³/mol. The molecule has 3 rings (SSSR count). The number of hydrogen-bond donors (Lipinski definition) is 2. The van der Waals surface area contributed by atoms with Gasteiger partial charge in [0.2, 0.25) is 5.91 Å². The van der Waals surface area contributed by atoms with Gasteiger partial charge >= 0.3 is 0 Å². The lowest BCUT2D eigenvalue weighted by Gasteiger charge is -2.26. The molecule has 1 unspecified atom stereocenters. The molecule has 0 spiro atoms. The van der Waals surface area contributed by atoms with Crippen LogP contribution in [0.25, 0.3) is 5.65 Å². The largest absolute Gasteiger partial charge is 0.381 e. The van der Waals surface area contributed by atoms with Crippen molar-refractivity contribution < 1.29 is 9.53 Å². The van der Waals surface area contributed by atoms with Gasteiger partial charge in [-0.25, -0.2) is 4.98 Å². The van der Waals surface area contributed by atoms with E-state index in [0.29, 0.717) is 24.8 Å². The summed E-state index contributed by atoms with van der Waals surface area (Å²) < 4.78 is 7.13. The number of rotatable bonds is 4. The van der Waals surface area contributed by atoms with Gasteiger partial charge in [-0.15, -0.1) is 0 Å². The lowest BCUT2D eigenvalue weighted by Crippen LogP contribution is -2.46. The van der Waals surface area contributed by atoms with E-state index in [1.807, 2.05) is 16.7 Å². The van der Waals surface area contributed by atoms with Crippen molar-refractivity contribution in [2.24, 2.45) is 11.7 Å². The number of carbonyl (C=O) groups excluding carboxylic acids is 1. The molecule has 0 saturated carbocycles. The molecule has 1 aliphatic rings. The molecule has 3 N–H and O–H groups in total. The van der Waals surface area contributed by atoms with E-state index in [0.717, 1.165) is 24.2 Å². The lowest BCUT2D eigenvalue weighted by molar-refractivity contribution is -0.124. The van der Waals surface area contributed by atoms with Gasteiger partial charge < -0.3 is 20.2 Å². The van der Waals surface area contributed by atoms with E-state index >= 15 is 0 Å². The number of carbonyl (C=O) groups is 1. The molecule has 1 fully saturated rings. The Morgan fingerprint density at radius 1 is 1.45 bits per heavy atom. The standard InChI is InChI=1S/C15H19ClN4O2/c16-11-1-2-13-19-12(9-20(13)8-11)7-18-15(21)14(17)10-3-5-22-6-4-10/h1-2,8-10,14H,3-7,17H2,(H,18,21). The smallest absolute Gasteiger partial charge is 0.237 e. The molecule has 118 valence electrons. The number of fused-ring (bicyclic) bond motifs is 1. The Hall–Kier alpha value is -1.63. The van der Waals surface area contributed by atoms with Crippen molar-refractivity contribution in [2.75, 3.05) is 13.2 Å². The quantitative estimate of drug-likeness (QED) is 0.890. The molecule has 0 aliphatic carbocycles. The van der Waals surface area contributed by atoms with Crippen LogP contribution in [0.1, 0.15) is 18.5 Å². The number of nitrogens with two attached hydrogens (primary N) is 1. The summed E-state index contributed by atoms with van der Waals surface area (Å²) in [6.45, 7) is 1.72. The fourth-order valence-electron chi connectivity index (χ4n) is 2.69. The number of halogens is 1. The Kier molecular flexibility index (Phi) is 4.61. The zero-order chi connectivity index (χ0) is 15.5. The van der Waals surface area contributed by atoms with Gasteiger partial charge in [-0.1, -0.05) is 11.6 Å². The van der Waals surface area contributed by atoms with E-state index in [2.05, 4.69) is 10.3 Å². The molecule has 0 bridgehead atoms. The van der Waals surface area contributed by atoms with Crippen LogP contribution in [-0.2, 0) is 16.1 Å². The summed E-state index contributed by atoms with van der Waals surface area (Å²) in [6, 6.07) is 3.13. The van der Waals surface area contributed by atoms with Gasteiger partial charge in [0, 0.05) is 25.6 Å². The second kappa shape index (κ2) is 6.64. The van der Waals surface area contributed by atoms with Crippen LogP contribution < -0.4 is 11.1 Å². The first-order valence-corrected chi connectivity index (χ1v) is 7.75. The van der Waals surface area contributed by atoms with Gasteiger partial charge in [0.25, 0.3) is 0 Å². The molecule has 6 nitrogen and oxygen atoms in total. The number of pyridine rings is 1. The van der Waals surface area contributed by atoms with E-state index in [1.54, 1.807) is 12.3 Å². The second-order valence-electron chi connectivity index (χ2n) is 5.54. The molecule has 0 radical (unpaired) electrons. The van der Waals surface area contributed by atoms with Gasteiger partial charge in [-0.3, -0.25) is 4.79 Å². The molecular formula is C15H19ClN4O2. The Balaban J connectivity index is 1.59. The fourth-order valence-corrected chi connectivity index (χ4v) is 2.86. The molecular weight excluding hydrogens is 304 g/mol. The average molecular weight is 323 g/mol. The van der Waals surface area contributed by atoms with Crippen molar-refractivity contribution in [1.29, 1.82) is 0 Å². The van der Waals surface area contributed by atoms with E-state index in [4.69, 9.17) is 22.1 Å². The van der Waals surface area contributed by atoms with E-state index in [1.165, 1.54) is 0 Å². The Labute approximate surface area is 133 Å². The number of imidazole rings is 1. The molecule has 1 amide bonds. The first-order chi connectivity index (χ1) is 10.6. The third-order valence-electron chi connectivity index (χ3n) is 3.99. The third kappa shape index (κ3) is 3.40. The van der Waals surface area contributed by atoms with Crippen LogP contribution in [0, 0.1) is 5.92 Å². The normalized spacial score (nSPS) is 17.5. The Morgan fingerprint density at radius 2 is 2.23 bits per heavy atom. The summed E-state index contributed by atoms with van der Waals surface area (Å²) in [7, 11) is 0. The van der Waals surface area contributed by atoms with E-state index in [-0.39, 0.29) is 11.8 Å². The predicted octanol–water partition coefficient (Wildman–Crippen LogP) is 1.36. The van der Waals surface area contributed by atoms with Crippen LogP contribution in [0.4, 0.5) is 0 Å². The maximum Gasteiger partial charge on any atom is 0.237 e. The second-order valence-corrected chi connectivity index (χ2v) is 5.97. The van der Waals surface area contributed by atoms with Gasteiger partial charge in [0.1, 0.15) is 5.65 Å². The van der Waals surface area contributed by atoms with Crippen molar-refractivity contribution in [2.45, 2.75) is 25.4 Å². The zero-order valence-electron chi connectivity index (χ0n) is 12.2. The summed E-state index contributed by atoms with van der Waals surface area (Å²) in [4.78, 5) is 16.6. The maximum absolute atomic E-state index is 12.2. The zero-order valence-corrected chi connectivity index (χ0v) is 12.9. The van der Waals surface area contributed by atoms with Gasteiger partial charge in [-0.2, -0.15) is 0 Å². The number of hydrogen-bond acceptors (Lipinski definition) is 4. The van der Waals surface area contributed by atoms with Crippen LogP contribution >= 0.6 is 11.6 Å². The monoisotopic (exact) mass is 322 g/mol. The van der Waals surface area contributed by atoms with Crippen LogP contribution in [-0.4, -0.2) is 34.5 Å². The number of amides is 1. The highest BCUT2D eigenvalue weighted by atomic mass is 35.5. The molecule has 0 aromatic carbocycles. The summed E-state index contributed by atoms with van der Waals surface area (Å²) >= 11 is 5.94. The van der Waals surface area contributed by atoms with Crippen LogP contribution in [0.15, 0.2) is 24.5 Å². The summed E-state index contributed by atoms with van der Waals surface area (Å²) in [5, 5.41) is 3.50. The molecule has 1 aliphatic heterocycles. The summed E-state index contributed by atoms with van der Waals surface area (Å²) in [5.74, 6) is 0.0515. The van der Waals surface area contributed by atoms with Crippen molar-refractivity contribution >= 4 is 23.2 Å². The molecule has 1 atom stereocenters. The molecule has 2 aromatic heterocycles. The van der Waals surface area contributed by atoms with Gasteiger partial charge in [0.05, 0.1) is 23.3 Å². The Bertz CT molecular complexity index is 667. The maximum atomic E-state index is 12.2. The minimum absolute atomic E-state index is 0.137. The summed E-state index contributed by atoms with van der Waals surface area (Å²) in [5.41, 5.74) is 7.61. The fraction of sp³-hybridized carbons (Fsp3) is 0.467. The number of ether oxygens (including phenoxy) is 1. The number of aromatic nitrogens is 2. The van der Waals surface area contributed by atoms with Crippen molar-refractivity contribution in [3.63, 3.8) is 0 Å². The topological polar surface area (TPSA) is 81.7 Å². The minimum Gasteiger partial charge on any atom is -0.381 e. The molecule has 7 heteroatoms. The number of nitrogens with one attached hydrogen (secondary N) is 1. The summed E-state index contributed by atoms with van der Waals surface area (Å²) in [6.07, 6.45) is 5.30. The molecule has 22 heavy (non-hydrogen) atoms. The van der Waals surface area contributed by atoms with Crippen LogP contribution in [0.3, 0.4) is 0 Å². The Morgan fingerprint density at radius 3 is 3.00 bits per heavy atom. The minimum atomic E-state index is -0.490. The van der Waals surface area contributed by atoms with E-state index in [9.17, 15) is 4.79 Å². The molecule has 3 heterocycles. The highest BCUT2D eigenvalue weighted by Crippen LogP contribution is 2.17. The van der Waals surface area contributed by atoms with Crippen LogP contribution in [0.5, 0.6) is 0 Å². The lowest BCUT2D eigenvalue weighted by atomic mass is 9.92. The van der Waals surface area contributed by atoms with Crippen molar-refractivity contribution in [1.82, 2.24) is 14.7 Å². The van der Waals surface area contributed by atoms with E-state index < -0.39 is 6.04 Å². The molecule has 2 aromatic rings. The SMILES string of the molecule is NC(C(=O)NCc1cn2cc(Cl)ccc2n1)C1CCOCC1. The highest BCUT2D eigenvalue weighted by molar-refractivity contribution is 6.30. The van der Waals surface area contributed by atoms with Gasteiger partial charge in [0.15, 0.2) is 0 Å². The van der Waals surface area contributed by atoms with Crippen molar-refractivity contribution in [3.05, 3.63) is 35.2 Å².